The van der Waals surface area contributed by atoms with Crippen molar-refractivity contribution in [2.45, 2.75) is 32.2 Å². The van der Waals surface area contributed by atoms with Gasteiger partial charge in [0.05, 0.1) is 5.69 Å². The van der Waals surface area contributed by atoms with Gasteiger partial charge in [0.15, 0.2) is 5.69 Å². The van der Waals surface area contributed by atoms with E-state index in [9.17, 15) is 9.90 Å². The van der Waals surface area contributed by atoms with Crippen molar-refractivity contribution in [1.82, 2.24) is 15.1 Å². The van der Waals surface area contributed by atoms with Crippen LogP contribution in [0.2, 0.25) is 0 Å². The van der Waals surface area contributed by atoms with E-state index in [0.29, 0.717) is 17.5 Å². The first-order chi connectivity index (χ1) is 11.7. The molecule has 2 fully saturated rings. The van der Waals surface area contributed by atoms with Crippen LogP contribution in [0.1, 0.15) is 35.4 Å². The van der Waals surface area contributed by atoms with Gasteiger partial charge in [-0.25, -0.2) is 4.68 Å². The van der Waals surface area contributed by atoms with Gasteiger partial charge in [0.25, 0.3) is 5.91 Å². The van der Waals surface area contributed by atoms with Crippen LogP contribution in [-0.2, 0) is 0 Å². The molecule has 1 aromatic heterocycles. The zero-order valence-corrected chi connectivity index (χ0v) is 13.9. The molecule has 0 aliphatic heterocycles. The van der Waals surface area contributed by atoms with Crippen molar-refractivity contribution in [1.29, 1.82) is 0 Å². The van der Waals surface area contributed by atoms with Crippen LogP contribution in [0.4, 0.5) is 0 Å². The van der Waals surface area contributed by atoms with Gasteiger partial charge in [0.1, 0.15) is 0 Å². The van der Waals surface area contributed by atoms with Crippen LogP contribution in [0.15, 0.2) is 36.4 Å². The number of aliphatic hydroxyl groups excluding tert-OH is 1. The summed E-state index contributed by atoms with van der Waals surface area (Å²) >= 11 is 0. The summed E-state index contributed by atoms with van der Waals surface area (Å²) < 4.78 is 1.79. The minimum absolute atomic E-state index is 0.0865. The molecule has 2 bridgehead atoms. The molecule has 5 nitrogen and oxygen atoms in total. The summed E-state index contributed by atoms with van der Waals surface area (Å²) in [4.78, 5) is 12.7. The lowest BCUT2D eigenvalue weighted by molar-refractivity contribution is 0.0856. The number of fused-ring (bicyclic) bond motifs is 2. The topological polar surface area (TPSA) is 67.2 Å². The van der Waals surface area contributed by atoms with Crippen molar-refractivity contribution in [2.75, 3.05) is 6.61 Å². The number of nitrogens with one attached hydrogen (secondary N) is 1. The SMILES string of the molecule is Cc1cc(C(=O)NC2C3CCC(C3)C2CO)nn1-c1ccccc1. The largest absolute Gasteiger partial charge is 0.396 e. The van der Waals surface area contributed by atoms with Gasteiger partial charge in [-0.3, -0.25) is 4.79 Å². The average molecular weight is 325 g/mol. The first-order valence-corrected chi connectivity index (χ1v) is 8.71. The van der Waals surface area contributed by atoms with E-state index in [0.717, 1.165) is 24.2 Å². The summed E-state index contributed by atoms with van der Waals surface area (Å²) in [6.07, 6.45) is 3.47. The van der Waals surface area contributed by atoms with Crippen molar-refractivity contribution >= 4 is 5.91 Å². The van der Waals surface area contributed by atoms with E-state index >= 15 is 0 Å². The summed E-state index contributed by atoms with van der Waals surface area (Å²) in [5.74, 6) is 1.14. The summed E-state index contributed by atoms with van der Waals surface area (Å²) in [5, 5.41) is 17.3. The van der Waals surface area contributed by atoms with E-state index in [-0.39, 0.29) is 24.5 Å². The molecule has 126 valence electrons. The maximum Gasteiger partial charge on any atom is 0.272 e. The van der Waals surface area contributed by atoms with Gasteiger partial charge in [-0.1, -0.05) is 18.2 Å². The summed E-state index contributed by atoms with van der Waals surface area (Å²) in [6.45, 7) is 2.11. The number of nitrogens with zero attached hydrogens (tertiary/aromatic N) is 2. The number of benzene rings is 1. The number of amides is 1. The van der Waals surface area contributed by atoms with E-state index in [4.69, 9.17) is 0 Å². The number of aliphatic hydroxyl groups is 1. The Labute approximate surface area is 141 Å². The van der Waals surface area contributed by atoms with Gasteiger partial charge in [-0.05, 0) is 56.2 Å². The molecule has 2 aromatic rings. The van der Waals surface area contributed by atoms with Crippen molar-refractivity contribution < 1.29 is 9.90 Å². The van der Waals surface area contributed by atoms with Gasteiger partial charge in [0, 0.05) is 24.3 Å². The van der Waals surface area contributed by atoms with Crippen LogP contribution >= 0.6 is 0 Å². The second-order valence-corrected chi connectivity index (χ2v) is 7.10. The molecule has 2 aliphatic carbocycles. The number of rotatable bonds is 4. The molecular weight excluding hydrogens is 302 g/mol. The van der Waals surface area contributed by atoms with E-state index < -0.39 is 0 Å². The Morgan fingerprint density at radius 3 is 2.79 bits per heavy atom. The number of hydrogen-bond acceptors (Lipinski definition) is 3. The monoisotopic (exact) mass is 325 g/mol. The maximum atomic E-state index is 12.7. The fourth-order valence-electron chi connectivity index (χ4n) is 4.54. The van der Waals surface area contributed by atoms with Crippen LogP contribution in [-0.4, -0.2) is 33.4 Å². The second kappa shape index (κ2) is 6.06. The summed E-state index contributed by atoms with van der Waals surface area (Å²) in [5.41, 5.74) is 2.32. The smallest absolute Gasteiger partial charge is 0.272 e. The molecule has 1 aromatic carbocycles. The number of aromatic nitrogens is 2. The van der Waals surface area contributed by atoms with Crippen molar-refractivity contribution in [3.05, 3.63) is 47.8 Å². The Morgan fingerprint density at radius 2 is 2.04 bits per heavy atom. The molecule has 2 aliphatic rings. The molecular formula is C19H23N3O2. The number of hydrogen-bond donors (Lipinski definition) is 2. The van der Waals surface area contributed by atoms with Gasteiger partial charge >= 0.3 is 0 Å². The number of aryl methyl sites for hydroxylation is 1. The second-order valence-electron chi connectivity index (χ2n) is 7.10. The minimum Gasteiger partial charge on any atom is -0.396 e. The zero-order valence-electron chi connectivity index (χ0n) is 13.9. The highest BCUT2D eigenvalue weighted by atomic mass is 16.3. The fourth-order valence-corrected chi connectivity index (χ4v) is 4.54. The Hall–Kier alpha value is -2.14. The van der Waals surface area contributed by atoms with Gasteiger partial charge < -0.3 is 10.4 Å². The van der Waals surface area contributed by atoms with E-state index in [2.05, 4.69) is 10.4 Å². The summed E-state index contributed by atoms with van der Waals surface area (Å²) in [6, 6.07) is 11.7. The fraction of sp³-hybridized carbons (Fsp3) is 0.474. The lowest BCUT2D eigenvalue weighted by Gasteiger charge is -2.30. The molecule has 0 saturated heterocycles. The Kier molecular flexibility index (Phi) is 3.88. The van der Waals surface area contributed by atoms with Crippen LogP contribution in [0.3, 0.4) is 0 Å². The van der Waals surface area contributed by atoms with Gasteiger partial charge in [0.2, 0.25) is 0 Å². The van der Waals surface area contributed by atoms with E-state index in [1.165, 1.54) is 6.42 Å². The van der Waals surface area contributed by atoms with Crippen LogP contribution in [0.5, 0.6) is 0 Å². The third-order valence-electron chi connectivity index (χ3n) is 5.72. The molecule has 1 heterocycles. The van der Waals surface area contributed by atoms with Gasteiger partial charge in [-0.15, -0.1) is 0 Å². The summed E-state index contributed by atoms with van der Waals surface area (Å²) in [7, 11) is 0. The average Bonchev–Trinajstić information content (AvgIpc) is 3.30. The van der Waals surface area contributed by atoms with E-state index in [1.54, 1.807) is 4.68 Å². The molecule has 4 atom stereocenters. The Bertz CT molecular complexity index is 740. The number of carbonyl (C=O) groups is 1. The Balaban J connectivity index is 1.53. The molecule has 2 N–H and O–H groups in total. The third-order valence-corrected chi connectivity index (χ3v) is 5.72. The first kappa shape index (κ1) is 15.4. The van der Waals surface area contributed by atoms with Gasteiger partial charge in [-0.2, -0.15) is 5.10 Å². The lowest BCUT2D eigenvalue weighted by atomic mass is 9.85. The third kappa shape index (κ3) is 2.53. The van der Waals surface area contributed by atoms with Crippen LogP contribution in [0, 0.1) is 24.7 Å². The van der Waals surface area contributed by atoms with Crippen molar-refractivity contribution in [2.24, 2.45) is 17.8 Å². The molecule has 5 heteroatoms. The normalized spacial score (nSPS) is 28.2. The minimum atomic E-state index is -0.135. The standard InChI is InChI=1S/C19H23N3O2/c1-12-9-17(21-22(12)15-5-3-2-4-6-15)19(24)20-18-14-8-7-13(10-14)16(18)11-23/h2-6,9,13-14,16,18,23H,7-8,10-11H2,1H3,(H,20,24). The molecule has 0 spiro atoms. The quantitative estimate of drug-likeness (QED) is 0.906. The molecule has 4 rings (SSSR count). The molecule has 24 heavy (non-hydrogen) atoms. The van der Waals surface area contributed by atoms with Crippen molar-refractivity contribution in [3.63, 3.8) is 0 Å². The number of para-hydroxylation sites is 1. The highest BCUT2D eigenvalue weighted by Crippen LogP contribution is 2.48. The first-order valence-electron chi connectivity index (χ1n) is 8.71. The predicted molar refractivity (Wildman–Crippen MR) is 91.0 cm³/mol. The Morgan fingerprint density at radius 1 is 1.29 bits per heavy atom. The lowest BCUT2D eigenvalue weighted by Crippen LogP contribution is -2.45. The molecule has 2 saturated carbocycles. The van der Waals surface area contributed by atoms with Crippen LogP contribution in [0.25, 0.3) is 5.69 Å². The number of carbonyl (C=O) groups excluding carboxylic acids is 1. The molecule has 4 unspecified atom stereocenters. The van der Waals surface area contributed by atoms with Crippen molar-refractivity contribution in [3.8, 4) is 5.69 Å². The highest BCUT2D eigenvalue weighted by Gasteiger charge is 2.47. The predicted octanol–water partition coefficient (Wildman–Crippen LogP) is 2.32. The zero-order chi connectivity index (χ0) is 16.7. The maximum absolute atomic E-state index is 12.7. The molecule has 1 amide bonds. The highest BCUT2D eigenvalue weighted by molar-refractivity contribution is 5.92. The molecule has 0 radical (unpaired) electrons. The van der Waals surface area contributed by atoms with Crippen LogP contribution < -0.4 is 5.32 Å². The van der Waals surface area contributed by atoms with E-state index in [1.807, 2.05) is 43.3 Å².